The van der Waals surface area contributed by atoms with Gasteiger partial charge in [0.2, 0.25) is 5.82 Å². The maximum Gasteiger partial charge on any atom is 0.278 e. The molecule has 1 fully saturated rings. The fourth-order valence-electron chi connectivity index (χ4n) is 3.13. The van der Waals surface area contributed by atoms with Crippen molar-refractivity contribution < 1.29 is 14.0 Å². The Kier molecular flexibility index (Phi) is 4.57. The average molecular weight is 355 g/mol. The number of nitrogens with zero attached hydrogens (tertiary/aromatic N) is 4. The smallest absolute Gasteiger partial charge is 0.278 e. The lowest BCUT2D eigenvalue weighted by molar-refractivity contribution is 0.346. The van der Waals surface area contributed by atoms with Gasteiger partial charge >= 0.3 is 0 Å². The van der Waals surface area contributed by atoms with Crippen LogP contribution in [0.2, 0.25) is 0 Å². The first-order valence-corrected chi connectivity index (χ1v) is 8.61. The predicted octanol–water partition coefficient (Wildman–Crippen LogP) is 2.54. The Hall–Kier alpha value is -2.87. The van der Waals surface area contributed by atoms with Gasteiger partial charge in [-0.15, -0.1) is 0 Å². The lowest BCUT2D eigenvalue weighted by atomic mass is 10.1. The number of hydrogen-bond acceptors (Lipinski definition) is 7. The van der Waals surface area contributed by atoms with Gasteiger partial charge in [0.1, 0.15) is 0 Å². The average Bonchev–Trinajstić information content (AvgIpc) is 3.37. The molecule has 1 N–H and O–H groups in total. The fraction of sp³-hybridized carbons (Fsp3) is 0.389. The Morgan fingerprint density at radius 2 is 2.08 bits per heavy atom. The SMILES string of the molecule is COc1ccc(-c2noc(-c3ccn(C4CCCNC4)n3)n2)cc1OC. The summed E-state index contributed by atoms with van der Waals surface area (Å²) in [5.74, 6) is 2.15. The molecule has 4 rings (SSSR count). The van der Waals surface area contributed by atoms with E-state index in [9.17, 15) is 0 Å². The van der Waals surface area contributed by atoms with Crippen molar-refractivity contribution in [1.82, 2.24) is 25.2 Å². The highest BCUT2D eigenvalue weighted by Gasteiger charge is 2.19. The highest BCUT2D eigenvalue weighted by molar-refractivity contribution is 5.62. The van der Waals surface area contributed by atoms with E-state index in [0.717, 1.165) is 31.5 Å². The number of aromatic nitrogens is 4. The Labute approximate surface area is 151 Å². The maximum atomic E-state index is 5.41. The van der Waals surface area contributed by atoms with E-state index in [1.807, 2.05) is 35.1 Å². The summed E-state index contributed by atoms with van der Waals surface area (Å²) in [7, 11) is 3.19. The van der Waals surface area contributed by atoms with Gasteiger partial charge in [-0.05, 0) is 43.7 Å². The molecule has 1 aliphatic heterocycles. The van der Waals surface area contributed by atoms with E-state index in [4.69, 9.17) is 14.0 Å². The highest BCUT2D eigenvalue weighted by Crippen LogP contribution is 2.32. The molecule has 3 aromatic rings. The third-order valence-corrected chi connectivity index (χ3v) is 4.54. The standard InChI is InChI=1S/C18H21N5O3/c1-24-15-6-5-12(10-16(15)25-2)17-20-18(26-22-17)14-7-9-23(21-14)13-4-3-8-19-11-13/h5-7,9-10,13,19H,3-4,8,11H2,1-2H3. The molecule has 0 spiro atoms. The van der Waals surface area contributed by atoms with Crippen molar-refractivity contribution in [2.24, 2.45) is 0 Å². The molecule has 1 unspecified atom stereocenters. The minimum atomic E-state index is 0.366. The molecule has 2 aromatic heterocycles. The summed E-state index contributed by atoms with van der Waals surface area (Å²) in [6.45, 7) is 2.00. The molecule has 8 heteroatoms. The number of nitrogens with one attached hydrogen (secondary N) is 1. The topological polar surface area (TPSA) is 87.2 Å². The van der Waals surface area contributed by atoms with Crippen LogP contribution >= 0.6 is 0 Å². The molecule has 0 radical (unpaired) electrons. The normalized spacial score (nSPS) is 17.2. The molecule has 0 saturated carbocycles. The summed E-state index contributed by atoms with van der Waals surface area (Å²) in [5.41, 5.74) is 1.46. The van der Waals surface area contributed by atoms with Crippen LogP contribution in [0.4, 0.5) is 0 Å². The molecule has 1 aliphatic rings. The van der Waals surface area contributed by atoms with Crippen LogP contribution in [0.5, 0.6) is 11.5 Å². The number of benzene rings is 1. The first-order valence-electron chi connectivity index (χ1n) is 8.61. The van der Waals surface area contributed by atoms with Crippen LogP contribution < -0.4 is 14.8 Å². The lowest BCUT2D eigenvalue weighted by Gasteiger charge is -2.22. The second-order valence-electron chi connectivity index (χ2n) is 6.17. The van der Waals surface area contributed by atoms with Crippen molar-refractivity contribution in [3.63, 3.8) is 0 Å². The second-order valence-corrected chi connectivity index (χ2v) is 6.17. The van der Waals surface area contributed by atoms with Crippen LogP contribution in [-0.2, 0) is 0 Å². The molecule has 3 heterocycles. The minimum Gasteiger partial charge on any atom is -0.493 e. The molecule has 1 saturated heterocycles. The van der Waals surface area contributed by atoms with E-state index < -0.39 is 0 Å². The van der Waals surface area contributed by atoms with Crippen LogP contribution in [-0.4, -0.2) is 47.2 Å². The van der Waals surface area contributed by atoms with Crippen LogP contribution in [0.25, 0.3) is 23.0 Å². The van der Waals surface area contributed by atoms with Crippen LogP contribution in [0.1, 0.15) is 18.9 Å². The largest absolute Gasteiger partial charge is 0.493 e. The quantitative estimate of drug-likeness (QED) is 0.752. The number of ether oxygens (including phenoxy) is 2. The van der Waals surface area contributed by atoms with Gasteiger partial charge in [0, 0.05) is 18.3 Å². The molecular weight excluding hydrogens is 334 g/mol. The van der Waals surface area contributed by atoms with Crippen molar-refractivity contribution in [1.29, 1.82) is 0 Å². The zero-order valence-corrected chi connectivity index (χ0v) is 14.8. The zero-order valence-electron chi connectivity index (χ0n) is 14.8. The third-order valence-electron chi connectivity index (χ3n) is 4.54. The van der Waals surface area contributed by atoms with Gasteiger partial charge in [-0.1, -0.05) is 5.16 Å². The Bertz CT molecular complexity index is 883. The molecule has 0 bridgehead atoms. The summed E-state index contributed by atoms with van der Waals surface area (Å²) >= 11 is 0. The van der Waals surface area contributed by atoms with E-state index in [-0.39, 0.29) is 0 Å². The molecule has 0 amide bonds. The number of methoxy groups -OCH3 is 2. The molecular formula is C18H21N5O3. The van der Waals surface area contributed by atoms with Crippen molar-refractivity contribution in [3.8, 4) is 34.5 Å². The lowest BCUT2D eigenvalue weighted by Crippen LogP contribution is -2.31. The van der Waals surface area contributed by atoms with E-state index in [1.165, 1.54) is 0 Å². The van der Waals surface area contributed by atoms with Crippen LogP contribution in [0.3, 0.4) is 0 Å². The Morgan fingerprint density at radius 3 is 2.85 bits per heavy atom. The third kappa shape index (κ3) is 3.15. The van der Waals surface area contributed by atoms with E-state index in [0.29, 0.717) is 34.9 Å². The van der Waals surface area contributed by atoms with Gasteiger partial charge in [0.15, 0.2) is 17.2 Å². The zero-order chi connectivity index (χ0) is 17.9. The summed E-state index contributed by atoms with van der Waals surface area (Å²) in [6.07, 6.45) is 4.24. The van der Waals surface area contributed by atoms with E-state index in [1.54, 1.807) is 14.2 Å². The Balaban J connectivity index is 1.57. The number of rotatable bonds is 5. The number of hydrogen-bond donors (Lipinski definition) is 1. The Morgan fingerprint density at radius 1 is 1.19 bits per heavy atom. The summed E-state index contributed by atoms with van der Waals surface area (Å²) < 4.78 is 18.0. The van der Waals surface area contributed by atoms with Gasteiger partial charge in [-0.3, -0.25) is 4.68 Å². The van der Waals surface area contributed by atoms with Crippen molar-refractivity contribution in [3.05, 3.63) is 30.5 Å². The van der Waals surface area contributed by atoms with Gasteiger partial charge in [0.05, 0.1) is 20.3 Å². The predicted molar refractivity (Wildman–Crippen MR) is 95.2 cm³/mol. The van der Waals surface area contributed by atoms with Crippen molar-refractivity contribution in [2.75, 3.05) is 27.3 Å². The minimum absolute atomic E-state index is 0.366. The first kappa shape index (κ1) is 16.6. The van der Waals surface area contributed by atoms with Crippen LogP contribution in [0.15, 0.2) is 35.0 Å². The van der Waals surface area contributed by atoms with E-state index >= 15 is 0 Å². The van der Waals surface area contributed by atoms with Gasteiger partial charge in [0.25, 0.3) is 5.89 Å². The molecule has 1 aromatic carbocycles. The first-order chi connectivity index (χ1) is 12.8. The van der Waals surface area contributed by atoms with E-state index in [2.05, 4.69) is 20.6 Å². The number of piperidine rings is 1. The molecule has 26 heavy (non-hydrogen) atoms. The monoisotopic (exact) mass is 355 g/mol. The van der Waals surface area contributed by atoms with Gasteiger partial charge < -0.3 is 19.3 Å². The molecule has 8 nitrogen and oxygen atoms in total. The molecule has 1 atom stereocenters. The molecule has 0 aliphatic carbocycles. The summed E-state index contributed by atoms with van der Waals surface area (Å²) in [5, 5.41) is 12.1. The van der Waals surface area contributed by atoms with Gasteiger partial charge in [-0.2, -0.15) is 10.1 Å². The summed E-state index contributed by atoms with van der Waals surface area (Å²) in [6, 6.07) is 7.77. The van der Waals surface area contributed by atoms with Crippen molar-refractivity contribution >= 4 is 0 Å². The summed E-state index contributed by atoms with van der Waals surface area (Å²) in [4.78, 5) is 4.47. The highest BCUT2D eigenvalue weighted by atomic mass is 16.5. The van der Waals surface area contributed by atoms with Crippen molar-refractivity contribution in [2.45, 2.75) is 18.9 Å². The fourth-order valence-corrected chi connectivity index (χ4v) is 3.13. The second kappa shape index (κ2) is 7.17. The van der Waals surface area contributed by atoms with Gasteiger partial charge in [-0.25, -0.2) is 0 Å². The van der Waals surface area contributed by atoms with Crippen LogP contribution in [0, 0.1) is 0 Å². The molecule has 136 valence electrons. The maximum absolute atomic E-state index is 5.41.